The highest BCUT2D eigenvalue weighted by atomic mass is 32.2. The van der Waals surface area contributed by atoms with Crippen molar-refractivity contribution in [2.24, 2.45) is 0 Å². The molecule has 1 heterocycles. The van der Waals surface area contributed by atoms with Gasteiger partial charge in [-0.2, -0.15) is 8.78 Å². The van der Waals surface area contributed by atoms with Crippen LogP contribution in [0.5, 0.6) is 5.75 Å². The van der Waals surface area contributed by atoms with Crippen molar-refractivity contribution in [1.29, 1.82) is 0 Å². The summed E-state index contributed by atoms with van der Waals surface area (Å²) in [4.78, 5) is 15.2. The number of carbonyl (C=O) groups is 1. The smallest absolute Gasteiger partial charge is 0.387 e. The van der Waals surface area contributed by atoms with Crippen molar-refractivity contribution in [3.63, 3.8) is 0 Å². The average Bonchev–Trinajstić information content (AvgIpc) is 3.10. The summed E-state index contributed by atoms with van der Waals surface area (Å²) < 4.78 is 53.2. The standard InChI is InChI=1S/C23H25F2NO4S/c1-2-13-26(19-12-14-31(28,29)16-19)22(27)21(18-6-4-3-5-7-18)15-17-8-10-20(11-9-17)30-23(24)25/h3-11,15,19,23H,2,12-14,16H2,1H3. The third kappa shape index (κ3) is 6.13. The topological polar surface area (TPSA) is 63.7 Å². The van der Waals surface area contributed by atoms with E-state index in [1.165, 1.54) is 12.1 Å². The molecule has 31 heavy (non-hydrogen) atoms. The number of rotatable bonds is 8. The van der Waals surface area contributed by atoms with Gasteiger partial charge in [-0.05, 0) is 42.2 Å². The van der Waals surface area contributed by atoms with Crippen LogP contribution >= 0.6 is 0 Å². The minimum Gasteiger partial charge on any atom is -0.435 e. The fourth-order valence-corrected chi connectivity index (χ4v) is 5.40. The Kier molecular flexibility index (Phi) is 7.43. The molecule has 2 aromatic rings. The Morgan fingerprint density at radius 3 is 2.39 bits per heavy atom. The number of halogens is 2. The van der Waals surface area contributed by atoms with E-state index < -0.39 is 16.4 Å². The second-order valence-corrected chi connectivity index (χ2v) is 9.66. The van der Waals surface area contributed by atoms with Crippen LogP contribution in [0.2, 0.25) is 0 Å². The molecule has 0 aromatic heterocycles. The Bertz CT molecular complexity index is 1020. The van der Waals surface area contributed by atoms with Crippen LogP contribution in [0.25, 0.3) is 11.6 Å². The van der Waals surface area contributed by atoms with Crippen molar-refractivity contribution >= 4 is 27.4 Å². The first-order valence-corrected chi connectivity index (χ1v) is 11.9. The largest absolute Gasteiger partial charge is 0.435 e. The molecule has 0 radical (unpaired) electrons. The highest BCUT2D eigenvalue weighted by Crippen LogP contribution is 2.26. The van der Waals surface area contributed by atoms with E-state index in [1.807, 2.05) is 37.3 Å². The molecule has 1 unspecified atom stereocenters. The number of nitrogens with zero attached hydrogens (tertiary/aromatic N) is 1. The molecule has 1 fully saturated rings. The summed E-state index contributed by atoms with van der Waals surface area (Å²) in [6.07, 6.45) is 2.82. The second kappa shape index (κ2) is 10.0. The molecule has 1 aliphatic rings. The molecule has 1 amide bonds. The quantitative estimate of drug-likeness (QED) is 0.446. The molecule has 3 rings (SSSR count). The number of hydrogen-bond acceptors (Lipinski definition) is 4. The molecule has 5 nitrogen and oxygen atoms in total. The van der Waals surface area contributed by atoms with E-state index in [2.05, 4.69) is 4.74 Å². The van der Waals surface area contributed by atoms with Gasteiger partial charge in [0.15, 0.2) is 9.84 Å². The molecule has 0 bridgehead atoms. The van der Waals surface area contributed by atoms with Gasteiger partial charge in [0, 0.05) is 18.2 Å². The third-order valence-electron chi connectivity index (χ3n) is 5.11. The molecule has 1 atom stereocenters. The van der Waals surface area contributed by atoms with Gasteiger partial charge >= 0.3 is 6.61 Å². The van der Waals surface area contributed by atoms with Crippen LogP contribution in [0, 0.1) is 0 Å². The van der Waals surface area contributed by atoms with Crippen LogP contribution in [0.4, 0.5) is 8.78 Å². The normalized spacial score (nSPS) is 18.2. The third-order valence-corrected chi connectivity index (χ3v) is 6.86. The van der Waals surface area contributed by atoms with Crippen molar-refractivity contribution in [3.05, 3.63) is 65.7 Å². The van der Waals surface area contributed by atoms with Gasteiger partial charge in [-0.3, -0.25) is 4.79 Å². The first-order valence-electron chi connectivity index (χ1n) is 10.1. The predicted octanol–water partition coefficient (Wildman–Crippen LogP) is 4.25. The molecule has 2 aromatic carbocycles. The zero-order chi connectivity index (χ0) is 22.4. The van der Waals surface area contributed by atoms with Crippen LogP contribution in [0.15, 0.2) is 54.6 Å². The van der Waals surface area contributed by atoms with Gasteiger partial charge in [0.25, 0.3) is 5.91 Å². The maximum Gasteiger partial charge on any atom is 0.387 e. The van der Waals surface area contributed by atoms with Crippen molar-refractivity contribution < 1.29 is 26.7 Å². The predicted molar refractivity (Wildman–Crippen MR) is 116 cm³/mol. The molecule has 8 heteroatoms. The van der Waals surface area contributed by atoms with E-state index in [4.69, 9.17) is 0 Å². The lowest BCUT2D eigenvalue weighted by Gasteiger charge is -2.29. The minimum atomic E-state index is -3.14. The zero-order valence-corrected chi connectivity index (χ0v) is 18.0. The van der Waals surface area contributed by atoms with E-state index in [-0.39, 0.29) is 29.2 Å². The SMILES string of the molecule is CCCN(C(=O)C(=Cc1ccc(OC(F)F)cc1)c1ccccc1)C1CCS(=O)(=O)C1. The van der Waals surface area contributed by atoms with E-state index in [0.717, 1.165) is 0 Å². The Morgan fingerprint density at radius 1 is 1.16 bits per heavy atom. The number of ether oxygens (including phenoxy) is 1. The van der Waals surface area contributed by atoms with E-state index >= 15 is 0 Å². The lowest BCUT2D eigenvalue weighted by atomic mass is 10.00. The van der Waals surface area contributed by atoms with Gasteiger partial charge in [-0.15, -0.1) is 0 Å². The summed E-state index contributed by atoms with van der Waals surface area (Å²) in [6.45, 7) is -0.519. The van der Waals surface area contributed by atoms with Gasteiger partial charge in [0.2, 0.25) is 0 Å². The molecule has 0 aliphatic carbocycles. The molecule has 0 N–H and O–H groups in total. The van der Waals surface area contributed by atoms with Crippen LogP contribution < -0.4 is 4.74 Å². The first kappa shape index (κ1) is 22.9. The van der Waals surface area contributed by atoms with Crippen LogP contribution in [0.1, 0.15) is 30.9 Å². The Morgan fingerprint density at radius 2 is 1.84 bits per heavy atom. The molecule has 0 saturated carbocycles. The highest BCUT2D eigenvalue weighted by Gasteiger charge is 2.35. The number of hydrogen-bond donors (Lipinski definition) is 0. The Labute approximate surface area is 181 Å². The lowest BCUT2D eigenvalue weighted by molar-refractivity contribution is -0.126. The molecular formula is C23H25F2NO4S. The van der Waals surface area contributed by atoms with E-state index in [9.17, 15) is 22.0 Å². The molecular weight excluding hydrogens is 424 g/mol. The maximum atomic E-state index is 13.6. The van der Waals surface area contributed by atoms with Crippen LogP contribution in [-0.4, -0.2) is 49.9 Å². The number of amides is 1. The fourth-order valence-electron chi connectivity index (χ4n) is 3.67. The van der Waals surface area contributed by atoms with E-state index in [1.54, 1.807) is 23.1 Å². The molecule has 0 spiro atoms. The van der Waals surface area contributed by atoms with Crippen molar-refractivity contribution in [2.45, 2.75) is 32.4 Å². The van der Waals surface area contributed by atoms with Crippen molar-refractivity contribution in [1.82, 2.24) is 4.90 Å². The average molecular weight is 450 g/mol. The van der Waals surface area contributed by atoms with Gasteiger partial charge in [-0.25, -0.2) is 8.42 Å². The zero-order valence-electron chi connectivity index (χ0n) is 17.2. The number of benzene rings is 2. The molecule has 1 aliphatic heterocycles. The van der Waals surface area contributed by atoms with Gasteiger partial charge in [-0.1, -0.05) is 49.4 Å². The monoisotopic (exact) mass is 449 g/mol. The number of alkyl halides is 2. The van der Waals surface area contributed by atoms with Crippen molar-refractivity contribution in [2.75, 3.05) is 18.1 Å². The fraction of sp³-hybridized carbons (Fsp3) is 0.348. The van der Waals surface area contributed by atoms with Crippen LogP contribution in [0.3, 0.4) is 0 Å². The maximum absolute atomic E-state index is 13.6. The van der Waals surface area contributed by atoms with Gasteiger partial charge in [0.1, 0.15) is 5.75 Å². The summed E-state index contributed by atoms with van der Waals surface area (Å²) in [6, 6.07) is 14.8. The van der Waals surface area contributed by atoms with Gasteiger partial charge in [0.05, 0.1) is 11.5 Å². The minimum absolute atomic E-state index is 0.0273. The summed E-state index contributed by atoms with van der Waals surface area (Å²) in [5, 5.41) is 0. The summed E-state index contributed by atoms with van der Waals surface area (Å²) in [5.74, 6) is -0.159. The molecule has 1 saturated heterocycles. The Hall–Kier alpha value is -2.74. The van der Waals surface area contributed by atoms with Gasteiger partial charge < -0.3 is 9.64 Å². The highest BCUT2D eigenvalue weighted by molar-refractivity contribution is 7.91. The van der Waals surface area contributed by atoms with Crippen LogP contribution in [-0.2, 0) is 14.6 Å². The first-order chi connectivity index (χ1) is 14.8. The second-order valence-electron chi connectivity index (χ2n) is 7.43. The number of carbonyl (C=O) groups excluding carboxylic acids is 1. The number of sulfone groups is 1. The summed E-state index contributed by atoms with van der Waals surface area (Å²) >= 11 is 0. The lowest BCUT2D eigenvalue weighted by Crippen LogP contribution is -2.42. The van der Waals surface area contributed by atoms with E-state index in [0.29, 0.717) is 36.1 Å². The summed E-state index contributed by atoms with van der Waals surface area (Å²) in [5.41, 5.74) is 1.76. The van der Waals surface area contributed by atoms with Crippen molar-refractivity contribution in [3.8, 4) is 5.75 Å². The summed E-state index contributed by atoms with van der Waals surface area (Å²) in [7, 11) is -3.14. The Balaban J connectivity index is 1.96. The molecule has 166 valence electrons.